The van der Waals surface area contributed by atoms with Gasteiger partial charge in [-0.1, -0.05) is 54.6 Å². The molecule has 0 saturated heterocycles. The van der Waals surface area contributed by atoms with Crippen LogP contribution >= 0.6 is 0 Å². The van der Waals surface area contributed by atoms with Gasteiger partial charge in [-0.15, -0.1) is 0 Å². The van der Waals surface area contributed by atoms with Gasteiger partial charge in [0.05, 0.1) is 6.04 Å². The first-order valence-electron chi connectivity index (χ1n) is 10.0. The number of phenolic OH excluding ortho intramolecular Hbond substituents is 1. The van der Waals surface area contributed by atoms with Crippen molar-refractivity contribution in [3.63, 3.8) is 0 Å². The second kappa shape index (κ2) is 7.65. The molecule has 4 aromatic rings. The summed E-state index contributed by atoms with van der Waals surface area (Å²) in [4.78, 5) is 14.5. The highest BCUT2D eigenvalue weighted by Crippen LogP contribution is 2.44. The number of nitrogens with one attached hydrogen (secondary N) is 1. The molecule has 1 amide bonds. The molecule has 1 aliphatic rings. The van der Waals surface area contributed by atoms with Crippen LogP contribution in [-0.4, -0.2) is 33.2 Å². The van der Waals surface area contributed by atoms with Crippen molar-refractivity contribution in [1.82, 2.24) is 15.1 Å². The maximum Gasteiger partial charge on any atom is 0.272 e. The summed E-state index contributed by atoms with van der Waals surface area (Å²) in [5.41, 5.74) is 4.37. The Labute approximate surface area is 179 Å². The van der Waals surface area contributed by atoms with E-state index in [1.54, 1.807) is 30.1 Å². The van der Waals surface area contributed by atoms with Crippen LogP contribution in [-0.2, 0) is 6.61 Å². The van der Waals surface area contributed by atoms with Crippen molar-refractivity contribution in [2.45, 2.75) is 12.6 Å². The molecule has 1 atom stereocenters. The smallest absolute Gasteiger partial charge is 0.272 e. The van der Waals surface area contributed by atoms with Crippen LogP contribution in [0.3, 0.4) is 0 Å². The summed E-state index contributed by atoms with van der Waals surface area (Å²) in [7, 11) is 1.77. The Bertz CT molecular complexity index is 1250. The third-order valence-electron chi connectivity index (χ3n) is 5.58. The van der Waals surface area contributed by atoms with E-state index in [1.807, 2.05) is 60.7 Å². The molecule has 5 rings (SSSR count). The molecule has 31 heavy (non-hydrogen) atoms. The van der Waals surface area contributed by atoms with E-state index in [0.29, 0.717) is 23.6 Å². The first kappa shape index (κ1) is 18.9. The summed E-state index contributed by atoms with van der Waals surface area (Å²) in [6.07, 6.45) is 0. The van der Waals surface area contributed by atoms with Gasteiger partial charge >= 0.3 is 0 Å². The van der Waals surface area contributed by atoms with Crippen molar-refractivity contribution in [2.75, 3.05) is 7.05 Å². The minimum Gasteiger partial charge on any atom is -0.507 e. The molecular formula is C25H21N3O3. The molecule has 0 bridgehead atoms. The lowest BCUT2D eigenvalue weighted by Gasteiger charge is -2.22. The fraction of sp³-hybridized carbons (Fsp3) is 0.120. The largest absolute Gasteiger partial charge is 0.507 e. The Morgan fingerprint density at radius 2 is 1.81 bits per heavy atom. The molecule has 6 nitrogen and oxygen atoms in total. The Morgan fingerprint density at radius 3 is 2.61 bits per heavy atom. The predicted octanol–water partition coefficient (Wildman–Crippen LogP) is 4.54. The third-order valence-corrected chi connectivity index (χ3v) is 5.58. The van der Waals surface area contributed by atoms with Gasteiger partial charge in [0.25, 0.3) is 5.91 Å². The van der Waals surface area contributed by atoms with Crippen LogP contribution in [0.25, 0.3) is 11.3 Å². The number of para-hydroxylation sites is 1. The van der Waals surface area contributed by atoms with Crippen molar-refractivity contribution in [3.05, 3.63) is 101 Å². The zero-order chi connectivity index (χ0) is 21.4. The third kappa shape index (κ3) is 3.32. The number of carbonyl (C=O) groups is 1. The van der Waals surface area contributed by atoms with Gasteiger partial charge in [0, 0.05) is 18.2 Å². The van der Waals surface area contributed by atoms with Gasteiger partial charge in [0.2, 0.25) is 0 Å². The summed E-state index contributed by atoms with van der Waals surface area (Å²) in [6, 6.07) is 24.4. The van der Waals surface area contributed by atoms with E-state index < -0.39 is 0 Å². The number of carbonyl (C=O) groups excluding carboxylic acids is 1. The molecule has 0 spiro atoms. The molecule has 0 saturated carbocycles. The zero-order valence-electron chi connectivity index (χ0n) is 16.9. The van der Waals surface area contributed by atoms with Gasteiger partial charge in [-0.25, -0.2) is 0 Å². The molecule has 0 aliphatic carbocycles. The number of aromatic nitrogens is 2. The highest BCUT2D eigenvalue weighted by Gasteiger charge is 2.40. The van der Waals surface area contributed by atoms with E-state index in [4.69, 9.17) is 4.74 Å². The average molecular weight is 411 g/mol. The number of nitrogens with zero attached hydrogens (tertiary/aromatic N) is 2. The molecular weight excluding hydrogens is 390 g/mol. The SMILES string of the molecule is CN1C(=O)c2[nH]nc(-c3ccccc3O)c2C1c1cccc(OCc2ccccc2)c1. The van der Waals surface area contributed by atoms with Crippen LogP contribution < -0.4 is 4.74 Å². The van der Waals surface area contributed by atoms with E-state index in [9.17, 15) is 9.90 Å². The summed E-state index contributed by atoms with van der Waals surface area (Å²) < 4.78 is 5.99. The molecule has 0 radical (unpaired) electrons. The van der Waals surface area contributed by atoms with Crippen molar-refractivity contribution < 1.29 is 14.6 Å². The van der Waals surface area contributed by atoms with Crippen LogP contribution in [0.15, 0.2) is 78.9 Å². The fourth-order valence-electron chi connectivity index (χ4n) is 4.05. The van der Waals surface area contributed by atoms with Crippen molar-refractivity contribution in [1.29, 1.82) is 0 Å². The lowest BCUT2D eigenvalue weighted by Crippen LogP contribution is -2.24. The Balaban J connectivity index is 1.51. The van der Waals surface area contributed by atoms with Crippen LogP contribution in [0, 0.1) is 0 Å². The second-order valence-electron chi connectivity index (χ2n) is 7.54. The van der Waals surface area contributed by atoms with Crippen molar-refractivity contribution >= 4 is 5.91 Å². The summed E-state index contributed by atoms with van der Waals surface area (Å²) in [5, 5.41) is 17.6. The molecule has 1 aromatic heterocycles. The molecule has 2 N–H and O–H groups in total. The number of phenols is 1. The van der Waals surface area contributed by atoms with Crippen LogP contribution in [0.1, 0.15) is 33.2 Å². The number of hydrogen-bond donors (Lipinski definition) is 2. The molecule has 3 aromatic carbocycles. The van der Waals surface area contributed by atoms with E-state index in [-0.39, 0.29) is 17.7 Å². The molecule has 1 aliphatic heterocycles. The Kier molecular flexibility index (Phi) is 4.67. The van der Waals surface area contributed by atoms with Gasteiger partial charge < -0.3 is 14.7 Å². The molecule has 1 unspecified atom stereocenters. The first-order valence-corrected chi connectivity index (χ1v) is 10.0. The fourth-order valence-corrected chi connectivity index (χ4v) is 4.05. The lowest BCUT2D eigenvalue weighted by molar-refractivity contribution is 0.0787. The number of H-pyrrole nitrogens is 1. The molecule has 2 heterocycles. The number of aromatic amines is 1. The number of ether oxygens (including phenoxy) is 1. The molecule has 0 fully saturated rings. The molecule has 6 heteroatoms. The number of rotatable bonds is 5. The number of benzene rings is 3. The summed E-state index contributed by atoms with van der Waals surface area (Å²) in [6.45, 7) is 0.462. The minimum absolute atomic E-state index is 0.123. The van der Waals surface area contributed by atoms with Gasteiger partial charge in [0.1, 0.15) is 29.5 Å². The van der Waals surface area contributed by atoms with Gasteiger partial charge in [-0.2, -0.15) is 5.10 Å². The van der Waals surface area contributed by atoms with Crippen LogP contribution in [0.5, 0.6) is 11.5 Å². The second-order valence-corrected chi connectivity index (χ2v) is 7.54. The van der Waals surface area contributed by atoms with Crippen molar-refractivity contribution in [3.8, 4) is 22.8 Å². The van der Waals surface area contributed by atoms with Crippen molar-refractivity contribution in [2.24, 2.45) is 0 Å². The quantitative estimate of drug-likeness (QED) is 0.506. The van der Waals surface area contributed by atoms with Gasteiger partial charge in [-0.05, 0) is 35.4 Å². The zero-order valence-corrected chi connectivity index (χ0v) is 16.9. The monoisotopic (exact) mass is 411 g/mol. The van der Waals surface area contributed by atoms with Gasteiger partial charge in [0.15, 0.2) is 0 Å². The van der Waals surface area contributed by atoms with Crippen LogP contribution in [0.4, 0.5) is 0 Å². The lowest BCUT2D eigenvalue weighted by atomic mass is 9.96. The van der Waals surface area contributed by atoms with E-state index >= 15 is 0 Å². The Morgan fingerprint density at radius 1 is 1.03 bits per heavy atom. The van der Waals surface area contributed by atoms with E-state index in [1.165, 1.54) is 0 Å². The maximum absolute atomic E-state index is 12.9. The summed E-state index contributed by atoms with van der Waals surface area (Å²) in [5.74, 6) is 0.713. The number of aromatic hydroxyl groups is 1. The standard InChI is InChI=1S/C25H21N3O3/c1-28-24(17-10-7-11-18(14-17)31-15-16-8-3-2-4-9-16)21-22(26-27-23(21)25(28)30)19-12-5-6-13-20(19)29/h2-14,24,29H,15H2,1H3,(H,26,27). The van der Waals surface area contributed by atoms with E-state index in [2.05, 4.69) is 10.2 Å². The normalized spacial score (nSPS) is 15.2. The van der Waals surface area contributed by atoms with Gasteiger partial charge in [-0.3, -0.25) is 9.89 Å². The first-order chi connectivity index (χ1) is 15.1. The Hall–Kier alpha value is -4.06. The number of amides is 1. The molecule has 154 valence electrons. The summed E-state index contributed by atoms with van der Waals surface area (Å²) >= 11 is 0. The highest BCUT2D eigenvalue weighted by molar-refractivity contribution is 6.00. The topological polar surface area (TPSA) is 78.5 Å². The maximum atomic E-state index is 12.9. The van der Waals surface area contributed by atoms with E-state index in [0.717, 1.165) is 22.4 Å². The average Bonchev–Trinajstić information content (AvgIpc) is 3.32. The van der Waals surface area contributed by atoms with Crippen LogP contribution in [0.2, 0.25) is 0 Å². The predicted molar refractivity (Wildman–Crippen MR) is 117 cm³/mol. The minimum atomic E-state index is -0.337. The number of fused-ring (bicyclic) bond motifs is 1. The number of hydrogen-bond acceptors (Lipinski definition) is 4. The highest BCUT2D eigenvalue weighted by atomic mass is 16.5.